The summed E-state index contributed by atoms with van der Waals surface area (Å²) in [5.74, 6) is -0.0355. The first-order valence-electron chi connectivity index (χ1n) is 8.16. The standard InChI is InChI=1S/C19H17ClN2O2S2/c20-15-6-2-1-5-13(15)11-14-12-21-19(26-14)22-18(24)9-3-7-16(23)17-8-4-10-25-17/h1-2,4-6,8,10,12H,3,7,9,11H2,(H,21,22,24). The fourth-order valence-electron chi connectivity index (χ4n) is 2.43. The Bertz CT molecular complexity index is 891. The molecule has 7 heteroatoms. The number of amides is 1. The Morgan fingerprint density at radius 2 is 1.96 bits per heavy atom. The SMILES string of the molecule is O=C(CCCC(=O)c1cccs1)Nc1ncc(Cc2ccccc2Cl)s1. The van der Waals surface area contributed by atoms with E-state index in [1.165, 1.54) is 22.7 Å². The van der Waals surface area contributed by atoms with Crippen LogP contribution in [0.5, 0.6) is 0 Å². The molecule has 0 aliphatic rings. The number of anilines is 1. The Balaban J connectivity index is 1.45. The lowest BCUT2D eigenvalue weighted by atomic mass is 10.1. The molecular formula is C19H17ClN2O2S2. The van der Waals surface area contributed by atoms with Gasteiger partial charge in [-0.05, 0) is 29.5 Å². The lowest BCUT2D eigenvalue weighted by Crippen LogP contribution is -2.11. The number of rotatable bonds is 8. The van der Waals surface area contributed by atoms with Crippen LogP contribution in [0.1, 0.15) is 39.4 Å². The normalized spacial score (nSPS) is 10.7. The molecule has 0 radical (unpaired) electrons. The largest absolute Gasteiger partial charge is 0.302 e. The van der Waals surface area contributed by atoms with Crippen molar-refractivity contribution in [2.24, 2.45) is 0 Å². The molecule has 2 heterocycles. The van der Waals surface area contributed by atoms with E-state index in [1.807, 2.05) is 41.8 Å². The van der Waals surface area contributed by atoms with Gasteiger partial charge in [0.1, 0.15) is 0 Å². The summed E-state index contributed by atoms with van der Waals surface area (Å²) in [6, 6.07) is 11.3. The Hall–Kier alpha value is -2.02. The molecule has 0 saturated heterocycles. The molecule has 1 amide bonds. The number of benzene rings is 1. The van der Waals surface area contributed by atoms with E-state index in [1.54, 1.807) is 6.20 Å². The summed E-state index contributed by atoms with van der Waals surface area (Å²) in [7, 11) is 0. The molecule has 0 unspecified atom stereocenters. The van der Waals surface area contributed by atoms with Crippen LogP contribution in [0.15, 0.2) is 48.0 Å². The number of halogens is 1. The summed E-state index contributed by atoms with van der Waals surface area (Å²) in [6.07, 6.45) is 3.65. The Morgan fingerprint density at radius 1 is 1.12 bits per heavy atom. The van der Waals surface area contributed by atoms with Gasteiger partial charge in [-0.3, -0.25) is 9.59 Å². The zero-order valence-electron chi connectivity index (χ0n) is 13.9. The van der Waals surface area contributed by atoms with Gasteiger partial charge in [-0.2, -0.15) is 0 Å². The molecule has 3 rings (SSSR count). The smallest absolute Gasteiger partial charge is 0.226 e. The fourth-order valence-corrected chi connectivity index (χ4v) is 4.18. The van der Waals surface area contributed by atoms with Gasteiger partial charge in [0.25, 0.3) is 0 Å². The monoisotopic (exact) mass is 404 g/mol. The second kappa shape index (κ2) is 9.07. The van der Waals surface area contributed by atoms with Crippen LogP contribution >= 0.6 is 34.3 Å². The van der Waals surface area contributed by atoms with Gasteiger partial charge < -0.3 is 5.32 Å². The van der Waals surface area contributed by atoms with Gasteiger partial charge in [-0.15, -0.1) is 22.7 Å². The first kappa shape index (κ1) is 18.8. The van der Waals surface area contributed by atoms with Crippen LogP contribution in [0.4, 0.5) is 5.13 Å². The van der Waals surface area contributed by atoms with Crippen molar-refractivity contribution in [2.75, 3.05) is 5.32 Å². The molecule has 2 aromatic heterocycles. The quantitative estimate of drug-likeness (QED) is 0.508. The van der Waals surface area contributed by atoms with E-state index in [2.05, 4.69) is 10.3 Å². The van der Waals surface area contributed by atoms with Gasteiger partial charge in [-0.25, -0.2) is 4.98 Å². The minimum Gasteiger partial charge on any atom is -0.302 e. The highest BCUT2D eigenvalue weighted by atomic mass is 35.5. The number of hydrogen-bond donors (Lipinski definition) is 1. The Labute approximate surface area is 164 Å². The number of thiophene rings is 1. The van der Waals surface area contributed by atoms with Crippen molar-refractivity contribution >= 4 is 51.1 Å². The minimum absolute atomic E-state index is 0.0871. The number of nitrogens with zero attached hydrogens (tertiary/aromatic N) is 1. The maximum absolute atomic E-state index is 12.0. The average Bonchev–Trinajstić information content (AvgIpc) is 3.29. The average molecular weight is 405 g/mol. The summed E-state index contributed by atoms with van der Waals surface area (Å²) in [4.78, 5) is 30.0. The third kappa shape index (κ3) is 5.24. The van der Waals surface area contributed by atoms with Gasteiger partial charge in [0.05, 0.1) is 4.88 Å². The highest BCUT2D eigenvalue weighted by molar-refractivity contribution is 7.15. The van der Waals surface area contributed by atoms with E-state index >= 15 is 0 Å². The van der Waals surface area contributed by atoms with Crippen molar-refractivity contribution in [3.63, 3.8) is 0 Å². The molecule has 0 saturated carbocycles. The minimum atomic E-state index is -0.123. The van der Waals surface area contributed by atoms with Crippen molar-refractivity contribution in [3.05, 3.63) is 68.3 Å². The lowest BCUT2D eigenvalue weighted by Gasteiger charge is -2.02. The van der Waals surface area contributed by atoms with Crippen molar-refractivity contribution < 1.29 is 9.59 Å². The highest BCUT2D eigenvalue weighted by Gasteiger charge is 2.11. The van der Waals surface area contributed by atoms with Crippen LogP contribution in [0.3, 0.4) is 0 Å². The number of ketones is 1. The number of thiazole rings is 1. The molecular weight excluding hydrogens is 388 g/mol. The predicted octanol–water partition coefficient (Wildman–Crippen LogP) is 5.44. The number of carbonyl (C=O) groups is 2. The summed E-state index contributed by atoms with van der Waals surface area (Å²) < 4.78 is 0. The molecule has 0 aliphatic heterocycles. The maximum atomic E-state index is 12.0. The molecule has 1 aromatic carbocycles. The van der Waals surface area contributed by atoms with Gasteiger partial charge in [0, 0.05) is 35.4 Å². The first-order valence-corrected chi connectivity index (χ1v) is 10.2. The number of carbonyl (C=O) groups excluding carboxylic acids is 2. The molecule has 0 fully saturated rings. The van der Waals surface area contributed by atoms with Gasteiger partial charge in [0.15, 0.2) is 10.9 Å². The predicted molar refractivity (Wildman–Crippen MR) is 108 cm³/mol. The lowest BCUT2D eigenvalue weighted by molar-refractivity contribution is -0.116. The van der Waals surface area contributed by atoms with E-state index in [-0.39, 0.29) is 11.7 Å². The zero-order valence-corrected chi connectivity index (χ0v) is 16.3. The summed E-state index contributed by atoms with van der Waals surface area (Å²) in [5.41, 5.74) is 1.03. The topological polar surface area (TPSA) is 59.1 Å². The van der Waals surface area contributed by atoms with Gasteiger partial charge in [-0.1, -0.05) is 35.9 Å². The van der Waals surface area contributed by atoms with Crippen LogP contribution in [-0.4, -0.2) is 16.7 Å². The number of hydrogen-bond acceptors (Lipinski definition) is 5. The van der Waals surface area contributed by atoms with Gasteiger partial charge in [0.2, 0.25) is 5.91 Å². The second-order valence-electron chi connectivity index (χ2n) is 5.70. The fraction of sp³-hybridized carbons (Fsp3) is 0.211. The van der Waals surface area contributed by atoms with E-state index in [0.717, 1.165) is 20.3 Å². The molecule has 26 heavy (non-hydrogen) atoms. The molecule has 3 aromatic rings. The van der Waals surface area contributed by atoms with Crippen LogP contribution in [0, 0.1) is 0 Å². The van der Waals surface area contributed by atoms with E-state index in [9.17, 15) is 9.59 Å². The summed E-state index contributed by atoms with van der Waals surface area (Å²) >= 11 is 9.04. The number of aromatic nitrogens is 1. The van der Waals surface area contributed by atoms with Crippen LogP contribution in [0.25, 0.3) is 0 Å². The Morgan fingerprint density at radius 3 is 2.73 bits per heavy atom. The van der Waals surface area contributed by atoms with E-state index in [4.69, 9.17) is 11.6 Å². The molecule has 0 aliphatic carbocycles. The van der Waals surface area contributed by atoms with Crippen LogP contribution in [0.2, 0.25) is 5.02 Å². The third-order valence-corrected chi connectivity index (χ3v) is 5.92. The van der Waals surface area contributed by atoms with Crippen molar-refractivity contribution in [1.82, 2.24) is 4.98 Å². The van der Waals surface area contributed by atoms with E-state index in [0.29, 0.717) is 30.8 Å². The number of Topliss-reactive ketones (excluding diaryl/α,β-unsaturated/α-hetero) is 1. The Kier molecular flexibility index (Phi) is 6.55. The maximum Gasteiger partial charge on any atom is 0.226 e. The van der Waals surface area contributed by atoms with Crippen LogP contribution in [-0.2, 0) is 11.2 Å². The van der Waals surface area contributed by atoms with Crippen molar-refractivity contribution in [3.8, 4) is 0 Å². The molecule has 0 spiro atoms. The first-order chi connectivity index (χ1) is 12.6. The van der Waals surface area contributed by atoms with Crippen molar-refractivity contribution in [2.45, 2.75) is 25.7 Å². The zero-order chi connectivity index (χ0) is 18.4. The van der Waals surface area contributed by atoms with Gasteiger partial charge >= 0.3 is 0 Å². The molecule has 134 valence electrons. The van der Waals surface area contributed by atoms with E-state index < -0.39 is 0 Å². The number of nitrogens with one attached hydrogen (secondary N) is 1. The summed E-state index contributed by atoms with van der Waals surface area (Å²) in [5, 5.41) is 5.97. The molecule has 0 atom stereocenters. The second-order valence-corrected chi connectivity index (χ2v) is 8.17. The molecule has 4 nitrogen and oxygen atoms in total. The summed E-state index contributed by atoms with van der Waals surface area (Å²) in [6.45, 7) is 0. The third-order valence-electron chi connectivity index (χ3n) is 3.73. The van der Waals surface area contributed by atoms with Crippen molar-refractivity contribution in [1.29, 1.82) is 0 Å². The highest BCUT2D eigenvalue weighted by Crippen LogP contribution is 2.24. The molecule has 1 N–H and O–H groups in total. The van der Waals surface area contributed by atoms with Crippen LogP contribution < -0.4 is 5.32 Å². The molecule has 0 bridgehead atoms.